The average Bonchev–Trinajstić information content (AvgIpc) is 2.60. The van der Waals surface area contributed by atoms with E-state index in [9.17, 15) is 19.2 Å². The quantitative estimate of drug-likeness (QED) is 0.554. The average molecular weight is 194 g/mol. The molecule has 2 saturated carbocycles. The SMILES string of the molecule is O=C1CCC(=O)C1C1C(=O)CCC1=O. The van der Waals surface area contributed by atoms with Gasteiger partial charge in [-0.3, -0.25) is 19.2 Å². The van der Waals surface area contributed by atoms with Crippen LogP contribution in [0.3, 0.4) is 0 Å². The predicted molar refractivity (Wildman–Crippen MR) is 45.5 cm³/mol. The largest absolute Gasteiger partial charge is 0.299 e. The van der Waals surface area contributed by atoms with Gasteiger partial charge in [0.1, 0.15) is 23.1 Å². The summed E-state index contributed by atoms with van der Waals surface area (Å²) in [6.45, 7) is 0. The standard InChI is InChI=1S/C10H10O4/c11-5-1-2-6(12)9(5)10-7(13)3-4-8(10)14/h9-10H,1-4H2. The molecular formula is C10H10O4. The van der Waals surface area contributed by atoms with E-state index in [0.29, 0.717) is 0 Å². The Hall–Kier alpha value is -1.32. The lowest BCUT2D eigenvalue weighted by Crippen LogP contribution is -2.32. The lowest BCUT2D eigenvalue weighted by atomic mass is 9.87. The van der Waals surface area contributed by atoms with E-state index in [-0.39, 0.29) is 48.8 Å². The van der Waals surface area contributed by atoms with Gasteiger partial charge in [0.2, 0.25) is 0 Å². The Morgan fingerprint density at radius 1 is 0.571 bits per heavy atom. The highest BCUT2D eigenvalue weighted by molar-refractivity contribution is 6.19. The van der Waals surface area contributed by atoms with Crippen molar-refractivity contribution in [1.29, 1.82) is 0 Å². The van der Waals surface area contributed by atoms with Gasteiger partial charge < -0.3 is 0 Å². The van der Waals surface area contributed by atoms with Crippen LogP contribution < -0.4 is 0 Å². The summed E-state index contributed by atoms with van der Waals surface area (Å²) >= 11 is 0. The fourth-order valence-corrected chi connectivity index (χ4v) is 2.22. The molecule has 2 fully saturated rings. The normalized spacial score (nSPS) is 25.4. The van der Waals surface area contributed by atoms with Crippen molar-refractivity contribution < 1.29 is 19.2 Å². The Labute approximate surface area is 80.7 Å². The minimum atomic E-state index is -0.933. The Balaban J connectivity index is 2.29. The Bertz CT molecular complexity index is 276. The topological polar surface area (TPSA) is 68.3 Å². The van der Waals surface area contributed by atoms with E-state index in [2.05, 4.69) is 0 Å². The molecule has 0 atom stereocenters. The third-order valence-corrected chi connectivity index (χ3v) is 2.96. The molecule has 0 radical (unpaired) electrons. The van der Waals surface area contributed by atoms with Crippen LogP contribution in [-0.2, 0) is 19.2 Å². The van der Waals surface area contributed by atoms with E-state index in [1.54, 1.807) is 0 Å². The highest BCUT2D eigenvalue weighted by atomic mass is 16.2. The predicted octanol–water partition coefficient (Wildman–Crippen LogP) is 0.0828. The van der Waals surface area contributed by atoms with E-state index in [0.717, 1.165) is 0 Å². The van der Waals surface area contributed by atoms with Crippen LogP contribution in [0.2, 0.25) is 0 Å². The molecule has 74 valence electrons. The van der Waals surface area contributed by atoms with Crippen LogP contribution in [0.15, 0.2) is 0 Å². The molecule has 0 amide bonds. The second-order valence-electron chi connectivity index (χ2n) is 3.82. The van der Waals surface area contributed by atoms with Crippen molar-refractivity contribution in [3.8, 4) is 0 Å². The molecule has 4 heteroatoms. The summed E-state index contributed by atoms with van der Waals surface area (Å²) in [5.74, 6) is -2.80. The van der Waals surface area contributed by atoms with Gasteiger partial charge in [-0.25, -0.2) is 0 Å². The number of hydrogen-bond donors (Lipinski definition) is 0. The molecule has 0 aromatic carbocycles. The zero-order valence-corrected chi connectivity index (χ0v) is 7.62. The van der Waals surface area contributed by atoms with E-state index in [1.807, 2.05) is 0 Å². The zero-order chi connectivity index (χ0) is 10.3. The molecule has 4 nitrogen and oxygen atoms in total. The molecule has 0 aliphatic heterocycles. The van der Waals surface area contributed by atoms with Crippen LogP contribution in [0.4, 0.5) is 0 Å². The van der Waals surface area contributed by atoms with Gasteiger partial charge in [0.25, 0.3) is 0 Å². The van der Waals surface area contributed by atoms with Crippen molar-refractivity contribution >= 4 is 23.1 Å². The number of carbonyl (C=O) groups is 4. The van der Waals surface area contributed by atoms with E-state index in [4.69, 9.17) is 0 Å². The minimum absolute atomic E-state index is 0.195. The maximum absolute atomic E-state index is 11.3. The van der Waals surface area contributed by atoms with Crippen LogP contribution in [0.1, 0.15) is 25.7 Å². The van der Waals surface area contributed by atoms with Crippen molar-refractivity contribution in [1.82, 2.24) is 0 Å². The lowest BCUT2D eigenvalue weighted by molar-refractivity contribution is -0.139. The van der Waals surface area contributed by atoms with Crippen molar-refractivity contribution in [2.75, 3.05) is 0 Å². The van der Waals surface area contributed by atoms with Gasteiger partial charge in [-0.2, -0.15) is 0 Å². The van der Waals surface area contributed by atoms with E-state index < -0.39 is 11.8 Å². The number of hydrogen-bond acceptors (Lipinski definition) is 4. The first-order valence-electron chi connectivity index (χ1n) is 4.72. The van der Waals surface area contributed by atoms with Crippen LogP contribution in [0.25, 0.3) is 0 Å². The first kappa shape index (κ1) is 9.24. The Morgan fingerprint density at radius 3 is 1.00 bits per heavy atom. The van der Waals surface area contributed by atoms with Gasteiger partial charge in [-0.15, -0.1) is 0 Å². The number of carbonyl (C=O) groups excluding carboxylic acids is 4. The smallest absolute Gasteiger partial charge is 0.144 e. The molecule has 2 aliphatic rings. The van der Waals surface area contributed by atoms with Crippen molar-refractivity contribution in [3.05, 3.63) is 0 Å². The fraction of sp³-hybridized carbons (Fsp3) is 0.600. The van der Waals surface area contributed by atoms with Gasteiger partial charge in [0, 0.05) is 25.7 Å². The molecule has 0 aromatic rings. The van der Waals surface area contributed by atoms with Crippen molar-refractivity contribution in [3.63, 3.8) is 0 Å². The van der Waals surface area contributed by atoms with E-state index >= 15 is 0 Å². The van der Waals surface area contributed by atoms with E-state index in [1.165, 1.54) is 0 Å². The third kappa shape index (κ3) is 1.22. The number of rotatable bonds is 1. The highest BCUT2D eigenvalue weighted by Crippen LogP contribution is 2.32. The molecule has 0 unspecified atom stereocenters. The molecule has 0 N–H and O–H groups in total. The van der Waals surface area contributed by atoms with Gasteiger partial charge in [-0.05, 0) is 0 Å². The molecule has 2 aliphatic carbocycles. The van der Waals surface area contributed by atoms with Crippen LogP contribution in [-0.4, -0.2) is 23.1 Å². The molecular weight excluding hydrogens is 184 g/mol. The summed E-state index contributed by atoms with van der Waals surface area (Å²) in [5, 5.41) is 0. The van der Waals surface area contributed by atoms with Gasteiger partial charge in [0.05, 0.1) is 11.8 Å². The first-order valence-corrected chi connectivity index (χ1v) is 4.72. The summed E-state index contributed by atoms with van der Waals surface area (Å²) in [6, 6.07) is 0. The summed E-state index contributed by atoms with van der Waals surface area (Å²) in [7, 11) is 0. The van der Waals surface area contributed by atoms with Crippen LogP contribution >= 0.6 is 0 Å². The monoisotopic (exact) mass is 194 g/mol. The van der Waals surface area contributed by atoms with Crippen molar-refractivity contribution in [2.24, 2.45) is 11.8 Å². The fourth-order valence-electron chi connectivity index (χ4n) is 2.22. The van der Waals surface area contributed by atoms with Crippen molar-refractivity contribution in [2.45, 2.75) is 25.7 Å². The third-order valence-electron chi connectivity index (χ3n) is 2.96. The number of ketones is 4. The lowest BCUT2D eigenvalue weighted by Gasteiger charge is -2.11. The Kier molecular flexibility index (Phi) is 2.06. The van der Waals surface area contributed by atoms with Gasteiger partial charge >= 0.3 is 0 Å². The molecule has 0 spiro atoms. The maximum Gasteiger partial charge on any atom is 0.144 e. The minimum Gasteiger partial charge on any atom is -0.299 e. The van der Waals surface area contributed by atoms with Gasteiger partial charge in [-0.1, -0.05) is 0 Å². The molecule has 0 heterocycles. The molecule has 14 heavy (non-hydrogen) atoms. The summed E-state index contributed by atoms with van der Waals surface area (Å²) < 4.78 is 0. The molecule has 0 saturated heterocycles. The summed E-state index contributed by atoms with van der Waals surface area (Å²) in [4.78, 5) is 45.4. The van der Waals surface area contributed by atoms with Crippen LogP contribution in [0.5, 0.6) is 0 Å². The Morgan fingerprint density at radius 2 is 0.786 bits per heavy atom. The highest BCUT2D eigenvalue weighted by Gasteiger charge is 2.48. The van der Waals surface area contributed by atoms with Gasteiger partial charge in [0.15, 0.2) is 0 Å². The molecule has 0 aromatic heterocycles. The molecule has 2 rings (SSSR count). The van der Waals surface area contributed by atoms with Crippen LogP contribution in [0, 0.1) is 11.8 Å². The maximum atomic E-state index is 11.3. The summed E-state index contributed by atoms with van der Waals surface area (Å²) in [6.07, 6.45) is 0.780. The number of Topliss-reactive ketones (excluding diaryl/α,β-unsaturated/α-hetero) is 4. The zero-order valence-electron chi connectivity index (χ0n) is 7.62. The second-order valence-corrected chi connectivity index (χ2v) is 3.82. The molecule has 0 bridgehead atoms. The second kappa shape index (κ2) is 3.12. The first-order chi connectivity index (χ1) is 6.61. The summed E-state index contributed by atoms with van der Waals surface area (Å²) in [5.41, 5.74) is 0.